The van der Waals surface area contributed by atoms with E-state index in [4.69, 9.17) is 11.6 Å². The number of nitrogens with zero attached hydrogens (tertiary/aromatic N) is 5. The summed E-state index contributed by atoms with van der Waals surface area (Å²) >= 11 is 8.99. The molecule has 5 aromatic rings. The summed E-state index contributed by atoms with van der Waals surface area (Å²) in [4.78, 5) is 42.8. The van der Waals surface area contributed by atoms with Crippen LogP contribution in [0.25, 0.3) is 16.6 Å². The molecule has 50 heavy (non-hydrogen) atoms. The van der Waals surface area contributed by atoms with Gasteiger partial charge in [0.25, 0.3) is 11.8 Å². The molecule has 0 saturated carbocycles. The van der Waals surface area contributed by atoms with Crippen LogP contribution in [0.2, 0.25) is 5.02 Å². The number of carbonyl (C=O) groups excluding carboxylic acids is 2. The van der Waals surface area contributed by atoms with Crippen molar-refractivity contribution in [3.8, 4) is 5.69 Å². The van der Waals surface area contributed by atoms with Crippen LogP contribution in [0.1, 0.15) is 44.6 Å². The lowest BCUT2D eigenvalue weighted by molar-refractivity contribution is -0.142. The van der Waals surface area contributed by atoms with Gasteiger partial charge in [-0.05, 0) is 55.5 Å². The first kappa shape index (κ1) is 35.2. The van der Waals surface area contributed by atoms with Gasteiger partial charge in [0, 0.05) is 45.1 Å². The van der Waals surface area contributed by atoms with E-state index in [0.29, 0.717) is 6.07 Å². The van der Waals surface area contributed by atoms with Crippen LogP contribution in [0, 0.1) is 5.82 Å². The molecule has 1 N–H and O–H groups in total. The number of amides is 2. The Morgan fingerprint density at radius 1 is 1.06 bits per heavy atom. The Morgan fingerprint density at radius 3 is 2.48 bits per heavy atom. The van der Waals surface area contributed by atoms with Gasteiger partial charge in [0.05, 0.1) is 35.2 Å². The summed E-state index contributed by atoms with van der Waals surface area (Å²) in [7, 11) is 0. The third-order valence-corrected chi connectivity index (χ3v) is 9.28. The summed E-state index contributed by atoms with van der Waals surface area (Å²) in [5.41, 5.74) is -2.26. The van der Waals surface area contributed by atoms with Gasteiger partial charge in [-0.15, -0.1) is 0 Å². The van der Waals surface area contributed by atoms with Crippen molar-refractivity contribution in [3.63, 3.8) is 0 Å². The van der Waals surface area contributed by atoms with E-state index in [0.717, 1.165) is 21.4 Å². The Hall–Kier alpha value is -4.64. The molecule has 0 radical (unpaired) electrons. The summed E-state index contributed by atoms with van der Waals surface area (Å²) < 4.78 is 97.6. The molecule has 9 nitrogen and oxygen atoms in total. The quantitative estimate of drug-likeness (QED) is 0.186. The minimum absolute atomic E-state index is 0.0135. The van der Waals surface area contributed by atoms with Crippen LogP contribution in [-0.2, 0) is 32.4 Å². The molecule has 1 aliphatic rings. The molecule has 3 aromatic carbocycles. The smallest absolute Gasteiger partial charge is 0.346 e. The molecular formula is C32H23BrClF7N6O3. The van der Waals surface area contributed by atoms with Gasteiger partial charge in [-0.25, -0.2) is 9.18 Å². The number of aromatic nitrogens is 4. The van der Waals surface area contributed by atoms with E-state index in [1.165, 1.54) is 52.1 Å². The SMILES string of the molecule is C[C@@H]1Cn2c(c(C(=O)NCc3c(F)cccc3Cl)n(-c3ccc4c(cnn4CC(F)(F)F)c3)c2=O)CN1C(=O)c1ccc(Br)c(C(F)(F)F)c1. The standard InChI is InChI=1S/C32H23BrClF7N6O3/c1-16-13-45-26(14-44(16)29(49)17-5-7-22(33)21(10-17)32(39,40)41)27(28(48)42-12-20-23(34)3-2-4-24(20)35)47(30(45)50)19-6-8-25-18(9-19)11-43-46(25)15-31(36,37)38/h2-11,16H,12-15H2,1H3,(H,42,48)/t16-/m1/s1. The number of imidazole rings is 1. The lowest BCUT2D eigenvalue weighted by atomic mass is 10.1. The number of nitrogens with one attached hydrogen (secondary N) is 1. The highest BCUT2D eigenvalue weighted by Crippen LogP contribution is 2.36. The maximum absolute atomic E-state index is 14.6. The summed E-state index contributed by atoms with van der Waals surface area (Å²) in [6.45, 7) is -0.762. The van der Waals surface area contributed by atoms with Crippen molar-refractivity contribution in [2.75, 3.05) is 0 Å². The zero-order chi connectivity index (χ0) is 36.3. The Bertz CT molecular complexity index is 2210. The molecule has 0 unspecified atom stereocenters. The average molecular weight is 788 g/mol. The predicted octanol–water partition coefficient (Wildman–Crippen LogP) is 7.10. The van der Waals surface area contributed by atoms with E-state index in [2.05, 4.69) is 26.3 Å². The number of carbonyl (C=O) groups is 2. The molecule has 1 aliphatic heterocycles. The number of halogens is 9. The van der Waals surface area contributed by atoms with Gasteiger partial charge < -0.3 is 10.2 Å². The second-order valence-corrected chi connectivity index (χ2v) is 12.8. The van der Waals surface area contributed by atoms with Crippen LogP contribution >= 0.6 is 27.5 Å². The fraction of sp³-hybridized carbons (Fsp3) is 0.250. The number of alkyl halides is 6. The predicted molar refractivity (Wildman–Crippen MR) is 170 cm³/mol. The van der Waals surface area contributed by atoms with Crippen molar-refractivity contribution < 1.29 is 40.3 Å². The minimum Gasteiger partial charge on any atom is -0.346 e. The molecule has 262 valence electrons. The fourth-order valence-electron chi connectivity index (χ4n) is 5.87. The van der Waals surface area contributed by atoms with Crippen molar-refractivity contribution in [3.05, 3.63) is 115 Å². The highest BCUT2D eigenvalue weighted by atomic mass is 79.9. The number of fused-ring (bicyclic) bond motifs is 2. The lowest BCUT2D eigenvalue weighted by Crippen LogP contribution is -2.47. The van der Waals surface area contributed by atoms with Gasteiger partial charge in [-0.2, -0.15) is 31.4 Å². The van der Waals surface area contributed by atoms with E-state index >= 15 is 0 Å². The second-order valence-electron chi connectivity index (χ2n) is 11.5. The number of rotatable bonds is 6. The lowest BCUT2D eigenvalue weighted by Gasteiger charge is -2.34. The summed E-state index contributed by atoms with van der Waals surface area (Å²) in [5.74, 6) is -2.41. The van der Waals surface area contributed by atoms with Crippen molar-refractivity contribution in [2.45, 2.75) is 51.5 Å². The maximum atomic E-state index is 14.6. The van der Waals surface area contributed by atoms with Crippen LogP contribution in [0.15, 0.2) is 70.1 Å². The van der Waals surface area contributed by atoms with Gasteiger partial charge in [0.1, 0.15) is 18.1 Å². The molecule has 6 rings (SSSR count). The number of benzene rings is 3. The van der Waals surface area contributed by atoms with Gasteiger partial charge in [-0.1, -0.05) is 33.6 Å². The molecule has 2 aromatic heterocycles. The second kappa shape index (κ2) is 12.9. The van der Waals surface area contributed by atoms with Gasteiger partial charge in [-0.3, -0.25) is 23.4 Å². The Labute approximate surface area is 291 Å². The molecular weight excluding hydrogens is 765 g/mol. The molecule has 0 saturated heterocycles. The van der Waals surface area contributed by atoms with Crippen LogP contribution in [-0.4, -0.2) is 47.8 Å². The first-order valence-electron chi connectivity index (χ1n) is 14.7. The van der Waals surface area contributed by atoms with E-state index in [1.807, 2.05) is 0 Å². The van der Waals surface area contributed by atoms with Crippen molar-refractivity contribution in [1.29, 1.82) is 0 Å². The highest BCUT2D eigenvalue weighted by Gasteiger charge is 2.38. The third kappa shape index (κ3) is 6.63. The molecule has 1 atom stereocenters. The van der Waals surface area contributed by atoms with Gasteiger partial charge in [0.15, 0.2) is 0 Å². The minimum atomic E-state index is -4.77. The highest BCUT2D eigenvalue weighted by molar-refractivity contribution is 9.10. The fourth-order valence-corrected chi connectivity index (χ4v) is 6.57. The summed E-state index contributed by atoms with van der Waals surface area (Å²) in [6.07, 6.45) is -8.16. The van der Waals surface area contributed by atoms with Crippen LogP contribution in [0.3, 0.4) is 0 Å². The van der Waals surface area contributed by atoms with Gasteiger partial charge >= 0.3 is 18.0 Å². The first-order chi connectivity index (χ1) is 23.4. The van der Waals surface area contributed by atoms with Crippen LogP contribution in [0.5, 0.6) is 0 Å². The Morgan fingerprint density at radius 2 is 1.80 bits per heavy atom. The molecule has 0 spiro atoms. The number of hydrogen-bond acceptors (Lipinski definition) is 4. The van der Waals surface area contributed by atoms with E-state index in [-0.39, 0.29) is 55.1 Å². The van der Waals surface area contributed by atoms with Crippen LogP contribution < -0.4 is 11.0 Å². The molecule has 0 fully saturated rings. The maximum Gasteiger partial charge on any atom is 0.417 e. The monoisotopic (exact) mass is 786 g/mol. The van der Waals surface area contributed by atoms with Crippen LogP contribution in [0.4, 0.5) is 30.7 Å². The molecule has 3 heterocycles. The van der Waals surface area contributed by atoms with Gasteiger partial charge in [0.2, 0.25) is 0 Å². The zero-order valence-electron chi connectivity index (χ0n) is 25.5. The number of hydrogen-bond donors (Lipinski definition) is 1. The van der Waals surface area contributed by atoms with Crippen molar-refractivity contribution in [1.82, 2.24) is 29.1 Å². The zero-order valence-corrected chi connectivity index (χ0v) is 27.9. The molecule has 0 bridgehead atoms. The van der Waals surface area contributed by atoms with E-state index in [9.17, 15) is 45.1 Å². The third-order valence-electron chi connectivity index (χ3n) is 8.24. The Kier molecular flexibility index (Phi) is 9.09. The Balaban J connectivity index is 1.44. The summed E-state index contributed by atoms with van der Waals surface area (Å²) in [5, 5.41) is 6.57. The van der Waals surface area contributed by atoms with E-state index < -0.39 is 66.9 Å². The van der Waals surface area contributed by atoms with Crippen molar-refractivity contribution in [2.24, 2.45) is 0 Å². The van der Waals surface area contributed by atoms with E-state index in [1.54, 1.807) is 6.92 Å². The molecule has 2 amide bonds. The largest absolute Gasteiger partial charge is 0.417 e. The topological polar surface area (TPSA) is 94.2 Å². The summed E-state index contributed by atoms with van der Waals surface area (Å²) in [6, 6.07) is 10.2. The average Bonchev–Trinajstić information content (AvgIpc) is 3.55. The molecule has 0 aliphatic carbocycles. The normalized spacial score (nSPS) is 15.0. The molecule has 18 heteroatoms. The van der Waals surface area contributed by atoms with Crippen molar-refractivity contribution >= 4 is 50.2 Å². The first-order valence-corrected chi connectivity index (χ1v) is 15.9.